The zero-order valence-electron chi connectivity index (χ0n) is 16.1. The Labute approximate surface area is 179 Å². The van der Waals surface area contributed by atoms with Crippen molar-refractivity contribution in [1.82, 2.24) is 19.7 Å². The molecule has 158 valence electrons. The van der Waals surface area contributed by atoms with Gasteiger partial charge in [0.05, 0.1) is 31.0 Å². The van der Waals surface area contributed by atoms with Gasteiger partial charge in [-0.1, -0.05) is 15.9 Å². The summed E-state index contributed by atoms with van der Waals surface area (Å²) >= 11 is 3.51. The molecular weight excluding hydrogens is 463 g/mol. The normalized spacial score (nSPS) is 15.6. The Morgan fingerprint density at radius 2 is 2.07 bits per heavy atom. The molecule has 0 spiro atoms. The Hall–Kier alpha value is -2.46. The van der Waals surface area contributed by atoms with Crippen LogP contribution in [0.5, 0.6) is 0 Å². The van der Waals surface area contributed by atoms with Crippen LogP contribution in [0.1, 0.15) is 22.6 Å². The van der Waals surface area contributed by atoms with Gasteiger partial charge in [-0.2, -0.15) is 13.2 Å². The molecule has 30 heavy (non-hydrogen) atoms. The van der Waals surface area contributed by atoms with Crippen molar-refractivity contribution in [3.8, 4) is 0 Å². The van der Waals surface area contributed by atoms with Gasteiger partial charge in [0.2, 0.25) is 0 Å². The minimum Gasteiger partial charge on any atom is -0.379 e. The number of pyridine rings is 1. The van der Waals surface area contributed by atoms with E-state index in [9.17, 15) is 13.2 Å². The van der Waals surface area contributed by atoms with Gasteiger partial charge in [0.1, 0.15) is 12.2 Å². The van der Waals surface area contributed by atoms with Crippen molar-refractivity contribution in [2.24, 2.45) is 7.05 Å². The summed E-state index contributed by atoms with van der Waals surface area (Å²) in [6.07, 6.45) is -0.781. The summed E-state index contributed by atoms with van der Waals surface area (Å²) in [6, 6.07) is 8.11. The summed E-state index contributed by atoms with van der Waals surface area (Å²) in [5.41, 5.74) is 0.669. The summed E-state index contributed by atoms with van der Waals surface area (Å²) in [5.74, 6) is 0.844. The minimum absolute atomic E-state index is 0.0433. The van der Waals surface area contributed by atoms with Gasteiger partial charge in [-0.3, -0.25) is 4.98 Å². The number of ether oxygens (including phenoxy) is 1. The third-order valence-electron chi connectivity index (χ3n) is 5.22. The lowest BCUT2D eigenvalue weighted by Crippen LogP contribution is -2.49. The molecule has 0 amide bonds. The Kier molecular flexibility index (Phi) is 5.54. The molecular formula is C20H19BrF3N5O. The second-order valence-corrected chi connectivity index (χ2v) is 8.30. The van der Waals surface area contributed by atoms with Crippen LogP contribution < -0.4 is 5.32 Å². The molecule has 0 bridgehead atoms. The topological polar surface area (TPSA) is 64.9 Å². The molecule has 1 N–H and O–H groups in total. The zero-order chi connectivity index (χ0) is 21.4. The molecule has 0 atom stereocenters. The smallest absolute Gasteiger partial charge is 0.379 e. The maximum absolute atomic E-state index is 13.2. The third kappa shape index (κ3) is 4.20. The number of aromatic nitrogens is 4. The first-order valence-corrected chi connectivity index (χ1v) is 10.0. The summed E-state index contributed by atoms with van der Waals surface area (Å²) in [6.45, 7) is 1.03. The lowest BCUT2D eigenvalue weighted by molar-refractivity contribution is -0.138. The molecule has 4 rings (SSSR count). The van der Waals surface area contributed by atoms with Crippen LogP contribution >= 0.6 is 15.9 Å². The van der Waals surface area contributed by atoms with Gasteiger partial charge in [-0.15, -0.1) is 10.2 Å². The van der Waals surface area contributed by atoms with Crippen molar-refractivity contribution < 1.29 is 17.9 Å². The highest BCUT2D eigenvalue weighted by atomic mass is 79.9. The molecule has 2 aromatic heterocycles. The number of aryl methyl sites for hydroxylation is 1. The number of hydrogen-bond acceptors (Lipinski definition) is 5. The molecule has 1 aliphatic rings. The van der Waals surface area contributed by atoms with Crippen LogP contribution in [-0.2, 0) is 36.3 Å². The van der Waals surface area contributed by atoms with E-state index in [4.69, 9.17) is 4.74 Å². The average Bonchev–Trinajstić information content (AvgIpc) is 3.06. The number of alkyl halides is 3. The fourth-order valence-electron chi connectivity index (χ4n) is 3.51. The minimum atomic E-state index is -4.45. The molecule has 0 radical (unpaired) electrons. The standard InChI is InChI=1S/C20H19BrF3N5O/c1-29-12-27-28-18(29)8-19(10-30-11-19)13-5-14(21)7-15(6-13)26-9-17-16(20(22,23)24)3-2-4-25-17/h2-7,12,26H,8-11H2,1H3. The van der Waals surface area contributed by atoms with Crippen molar-refractivity contribution in [2.75, 3.05) is 18.5 Å². The van der Waals surface area contributed by atoms with Crippen molar-refractivity contribution in [3.05, 3.63) is 70.0 Å². The fourth-order valence-corrected chi connectivity index (χ4v) is 4.00. The number of halogens is 4. The largest absolute Gasteiger partial charge is 0.418 e. The molecule has 6 nitrogen and oxygen atoms in total. The number of rotatable bonds is 6. The van der Waals surface area contributed by atoms with E-state index in [1.165, 1.54) is 12.3 Å². The Morgan fingerprint density at radius 1 is 1.27 bits per heavy atom. The third-order valence-corrected chi connectivity index (χ3v) is 5.68. The van der Waals surface area contributed by atoms with Gasteiger partial charge < -0.3 is 14.6 Å². The number of nitrogens with zero attached hydrogens (tertiary/aromatic N) is 4. The number of anilines is 1. The van der Waals surface area contributed by atoms with Crippen LogP contribution in [0.25, 0.3) is 0 Å². The van der Waals surface area contributed by atoms with Gasteiger partial charge >= 0.3 is 6.18 Å². The van der Waals surface area contributed by atoms with E-state index in [1.807, 2.05) is 29.8 Å². The summed E-state index contributed by atoms with van der Waals surface area (Å²) in [5, 5.41) is 11.2. The van der Waals surface area contributed by atoms with Crippen LogP contribution in [-0.4, -0.2) is 33.0 Å². The van der Waals surface area contributed by atoms with Crippen LogP contribution in [0, 0.1) is 0 Å². The van der Waals surface area contributed by atoms with E-state index in [1.54, 1.807) is 6.33 Å². The zero-order valence-corrected chi connectivity index (χ0v) is 17.7. The maximum Gasteiger partial charge on any atom is 0.418 e. The first-order valence-electron chi connectivity index (χ1n) is 9.23. The molecule has 1 fully saturated rings. The molecule has 0 saturated carbocycles. The lowest BCUT2D eigenvalue weighted by Gasteiger charge is -2.42. The van der Waals surface area contributed by atoms with Crippen molar-refractivity contribution in [3.63, 3.8) is 0 Å². The fraction of sp³-hybridized carbons (Fsp3) is 0.350. The van der Waals surface area contributed by atoms with E-state index in [-0.39, 0.29) is 17.7 Å². The number of benzene rings is 1. The second kappa shape index (κ2) is 7.99. The molecule has 1 aromatic carbocycles. The summed E-state index contributed by atoms with van der Waals surface area (Å²) in [7, 11) is 1.89. The van der Waals surface area contributed by atoms with Crippen LogP contribution in [0.15, 0.2) is 47.3 Å². The quantitative estimate of drug-likeness (QED) is 0.573. The monoisotopic (exact) mass is 481 g/mol. The predicted molar refractivity (Wildman–Crippen MR) is 108 cm³/mol. The number of hydrogen-bond donors (Lipinski definition) is 1. The van der Waals surface area contributed by atoms with Gasteiger partial charge in [0.15, 0.2) is 0 Å². The summed E-state index contributed by atoms with van der Waals surface area (Å²) in [4.78, 5) is 3.91. The van der Waals surface area contributed by atoms with Crippen molar-refractivity contribution >= 4 is 21.6 Å². The van der Waals surface area contributed by atoms with Gasteiger partial charge in [0, 0.05) is 35.2 Å². The highest BCUT2D eigenvalue weighted by molar-refractivity contribution is 9.10. The molecule has 10 heteroatoms. The van der Waals surface area contributed by atoms with Crippen LogP contribution in [0.2, 0.25) is 0 Å². The SMILES string of the molecule is Cn1cnnc1CC1(c2cc(Br)cc(NCc3ncccc3C(F)(F)F)c2)COC1. The van der Waals surface area contributed by atoms with E-state index >= 15 is 0 Å². The molecule has 3 heterocycles. The molecule has 1 saturated heterocycles. The molecule has 3 aromatic rings. The molecule has 1 aliphatic heterocycles. The Balaban J connectivity index is 1.58. The first-order chi connectivity index (χ1) is 14.3. The predicted octanol–water partition coefficient (Wildman–Crippen LogP) is 4.11. The Morgan fingerprint density at radius 3 is 2.70 bits per heavy atom. The average molecular weight is 482 g/mol. The van der Waals surface area contributed by atoms with Gasteiger partial charge in [-0.05, 0) is 35.9 Å². The van der Waals surface area contributed by atoms with Gasteiger partial charge in [-0.25, -0.2) is 0 Å². The first kappa shape index (κ1) is 20.8. The van der Waals surface area contributed by atoms with Crippen LogP contribution in [0.4, 0.5) is 18.9 Å². The van der Waals surface area contributed by atoms with Gasteiger partial charge in [0.25, 0.3) is 0 Å². The second-order valence-electron chi connectivity index (χ2n) is 7.39. The lowest BCUT2D eigenvalue weighted by atomic mass is 9.75. The molecule has 0 unspecified atom stereocenters. The van der Waals surface area contributed by atoms with Crippen molar-refractivity contribution in [2.45, 2.75) is 24.6 Å². The molecule has 0 aliphatic carbocycles. The van der Waals surface area contributed by atoms with E-state index in [2.05, 4.69) is 36.4 Å². The number of nitrogens with one attached hydrogen (secondary N) is 1. The highest BCUT2D eigenvalue weighted by Crippen LogP contribution is 2.38. The Bertz CT molecular complexity index is 1050. The van der Waals surface area contributed by atoms with E-state index < -0.39 is 11.7 Å². The summed E-state index contributed by atoms with van der Waals surface area (Å²) < 4.78 is 47.9. The maximum atomic E-state index is 13.2. The highest BCUT2D eigenvalue weighted by Gasteiger charge is 2.42. The van der Waals surface area contributed by atoms with Crippen molar-refractivity contribution in [1.29, 1.82) is 0 Å². The van der Waals surface area contributed by atoms with E-state index in [0.717, 1.165) is 21.9 Å². The van der Waals surface area contributed by atoms with Crippen LogP contribution in [0.3, 0.4) is 0 Å². The van der Waals surface area contributed by atoms with E-state index in [0.29, 0.717) is 25.3 Å².